The standard InChI is InChI=1S/C22H22N2O/c1-14-12-15(2)21(16(3)13-14)24-22(25)19-10-11-20(23-17(19)4)18-8-6-5-7-9-18/h5-13H,1-4H3,(H,24,25). The van der Waals surface area contributed by atoms with Crippen LogP contribution in [0, 0.1) is 27.7 Å². The maximum atomic E-state index is 12.7. The van der Waals surface area contributed by atoms with Gasteiger partial charge in [0.1, 0.15) is 0 Å². The molecule has 0 radical (unpaired) electrons. The molecular weight excluding hydrogens is 308 g/mol. The zero-order valence-electron chi connectivity index (χ0n) is 15.1. The summed E-state index contributed by atoms with van der Waals surface area (Å²) in [5, 5.41) is 3.04. The Kier molecular flexibility index (Phi) is 4.66. The molecule has 3 nitrogen and oxygen atoms in total. The van der Waals surface area contributed by atoms with Crippen molar-refractivity contribution in [1.29, 1.82) is 0 Å². The number of hydrogen-bond donors (Lipinski definition) is 1. The Hall–Kier alpha value is -2.94. The lowest BCUT2D eigenvalue weighted by atomic mass is 10.0. The SMILES string of the molecule is Cc1cc(C)c(NC(=O)c2ccc(-c3ccccc3)nc2C)c(C)c1. The minimum atomic E-state index is -0.125. The van der Waals surface area contributed by atoms with Crippen molar-refractivity contribution >= 4 is 11.6 Å². The first-order valence-electron chi connectivity index (χ1n) is 8.38. The zero-order valence-corrected chi connectivity index (χ0v) is 15.1. The molecule has 1 aromatic heterocycles. The summed E-state index contributed by atoms with van der Waals surface area (Å²) in [5.74, 6) is -0.125. The van der Waals surface area contributed by atoms with Crippen molar-refractivity contribution in [2.45, 2.75) is 27.7 Å². The van der Waals surface area contributed by atoms with E-state index >= 15 is 0 Å². The average Bonchev–Trinajstić information content (AvgIpc) is 2.58. The lowest BCUT2D eigenvalue weighted by Crippen LogP contribution is -2.16. The van der Waals surface area contributed by atoms with Crippen molar-refractivity contribution in [3.8, 4) is 11.3 Å². The van der Waals surface area contributed by atoms with Gasteiger partial charge in [-0.15, -0.1) is 0 Å². The third kappa shape index (κ3) is 3.61. The molecule has 3 heteroatoms. The molecule has 3 rings (SSSR count). The number of carbonyl (C=O) groups is 1. The molecule has 0 unspecified atom stereocenters. The number of nitrogens with one attached hydrogen (secondary N) is 1. The van der Waals surface area contributed by atoms with Crippen LogP contribution in [0.4, 0.5) is 5.69 Å². The summed E-state index contributed by atoms with van der Waals surface area (Å²) in [7, 11) is 0. The van der Waals surface area contributed by atoms with Gasteiger partial charge in [0.15, 0.2) is 0 Å². The number of amides is 1. The first kappa shape index (κ1) is 16.9. The predicted molar refractivity (Wildman–Crippen MR) is 103 cm³/mol. The summed E-state index contributed by atoms with van der Waals surface area (Å²) in [6, 6.07) is 17.9. The fraction of sp³-hybridized carbons (Fsp3) is 0.182. The molecule has 1 heterocycles. The van der Waals surface area contributed by atoms with Gasteiger partial charge in [0.2, 0.25) is 0 Å². The summed E-state index contributed by atoms with van der Waals surface area (Å²) in [6.07, 6.45) is 0. The smallest absolute Gasteiger partial charge is 0.257 e. The van der Waals surface area contributed by atoms with Crippen LogP contribution in [0.3, 0.4) is 0 Å². The van der Waals surface area contributed by atoms with Gasteiger partial charge in [0.05, 0.1) is 17.0 Å². The summed E-state index contributed by atoms with van der Waals surface area (Å²) < 4.78 is 0. The summed E-state index contributed by atoms with van der Waals surface area (Å²) in [6.45, 7) is 7.95. The second kappa shape index (κ2) is 6.89. The minimum absolute atomic E-state index is 0.125. The van der Waals surface area contributed by atoms with Crippen LogP contribution in [-0.4, -0.2) is 10.9 Å². The average molecular weight is 330 g/mol. The van der Waals surface area contributed by atoms with Crippen LogP contribution in [0.25, 0.3) is 11.3 Å². The highest BCUT2D eigenvalue weighted by molar-refractivity contribution is 6.06. The van der Waals surface area contributed by atoms with Crippen molar-refractivity contribution in [1.82, 2.24) is 4.98 Å². The number of benzene rings is 2. The highest BCUT2D eigenvalue weighted by atomic mass is 16.1. The number of carbonyl (C=O) groups excluding carboxylic acids is 1. The molecule has 0 bridgehead atoms. The molecule has 0 spiro atoms. The number of aryl methyl sites for hydroxylation is 4. The molecule has 2 aromatic carbocycles. The Morgan fingerprint density at radius 1 is 0.880 bits per heavy atom. The number of hydrogen-bond acceptors (Lipinski definition) is 2. The third-order valence-electron chi connectivity index (χ3n) is 4.32. The van der Waals surface area contributed by atoms with Crippen LogP contribution in [0.2, 0.25) is 0 Å². The van der Waals surface area contributed by atoms with E-state index in [9.17, 15) is 4.79 Å². The van der Waals surface area contributed by atoms with E-state index in [0.717, 1.165) is 33.8 Å². The molecule has 1 amide bonds. The second-order valence-electron chi connectivity index (χ2n) is 6.42. The van der Waals surface area contributed by atoms with Gasteiger partial charge >= 0.3 is 0 Å². The van der Waals surface area contributed by atoms with Gasteiger partial charge in [-0.2, -0.15) is 0 Å². The normalized spacial score (nSPS) is 10.6. The van der Waals surface area contributed by atoms with Crippen molar-refractivity contribution in [3.05, 3.63) is 82.5 Å². The fourth-order valence-corrected chi connectivity index (χ4v) is 3.13. The predicted octanol–water partition coefficient (Wildman–Crippen LogP) is 5.23. The monoisotopic (exact) mass is 330 g/mol. The molecule has 25 heavy (non-hydrogen) atoms. The van der Waals surface area contributed by atoms with E-state index in [0.29, 0.717) is 5.56 Å². The highest BCUT2D eigenvalue weighted by Crippen LogP contribution is 2.24. The zero-order chi connectivity index (χ0) is 18.0. The molecule has 0 saturated carbocycles. The number of rotatable bonds is 3. The lowest BCUT2D eigenvalue weighted by Gasteiger charge is -2.14. The van der Waals surface area contributed by atoms with E-state index in [1.54, 1.807) is 0 Å². The molecule has 0 aliphatic heterocycles. The molecule has 3 aromatic rings. The minimum Gasteiger partial charge on any atom is -0.321 e. The van der Waals surface area contributed by atoms with Gasteiger partial charge in [-0.05, 0) is 51.0 Å². The molecule has 0 atom stereocenters. The number of nitrogens with zero attached hydrogens (tertiary/aromatic N) is 1. The lowest BCUT2D eigenvalue weighted by molar-refractivity contribution is 0.102. The maximum Gasteiger partial charge on any atom is 0.257 e. The van der Waals surface area contributed by atoms with Crippen LogP contribution >= 0.6 is 0 Å². The Morgan fingerprint density at radius 2 is 1.52 bits per heavy atom. The number of pyridine rings is 1. The molecule has 1 N–H and O–H groups in total. The van der Waals surface area contributed by atoms with E-state index in [1.165, 1.54) is 5.56 Å². The van der Waals surface area contributed by atoms with E-state index in [2.05, 4.69) is 29.4 Å². The van der Waals surface area contributed by atoms with E-state index in [4.69, 9.17) is 0 Å². The van der Waals surface area contributed by atoms with Crippen molar-refractivity contribution < 1.29 is 4.79 Å². The summed E-state index contributed by atoms with van der Waals surface area (Å²) in [5.41, 5.74) is 7.44. The van der Waals surface area contributed by atoms with Crippen LogP contribution in [0.1, 0.15) is 32.7 Å². The maximum absolute atomic E-state index is 12.7. The van der Waals surface area contributed by atoms with Crippen LogP contribution in [-0.2, 0) is 0 Å². The first-order chi connectivity index (χ1) is 12.0. The van der Waals surface area contributed by atoms with Crippen LogP contribution in [0.15, 0.2) is 54.6 Å². The third-order valence-corrected chi connectivity index (χ3v) is 4.32. The summed E-state index contributed by atoms with van der Waals surface area (Å²) in [4.78, 5) is 17.3. The van der Waals surface area contributed by atoms with Crippen LogP contribution < -0.4 is 5.32 Å². The summed E-state index contributed by atoms with van der Waals surface area (Å²) >= 11 is 0. The largest absolute Gasteiger partial charge is 0.321 e. The number of anilines is 1. The first-order valence-corrected chi connectivity index (χ1v) is 8.38. The van der Waals surface area contributed by atoms with Gasteiger partial charge in [0, 0.05) is 11.3 Å². The van der Waals surface area contributed by atoms with Gasteiger partial charge in [-0.25, -0.2) is 0 Å². The Bertz CT molecular complexity index is 907. The van der Waals surface area contributed by atoms with Gasteiger partial charge in [-0.1, -0.05) is 48.0 Å². The van der Waals surface area contributed by atoms with E-state index in [1.807, 2.05) is 63.2 Å². The molecule has 0 aliphatic carbocycles. The Balaban J connectivity index is 1.89. The van der Waals surface area contributed by atoms with Gasteiger partial charge in [0.25, 0.3) is 5.91 Å². The Morgan fingerprint density at radius 3 is 2.12 bits per heavy atom. The molecule has 0 saturated heterocycles. The van der Waals surface area contributed by atoms with Crippen LogP contribution in [0.5, 0.6) is 0 Å². The van der Waals surface area contributed by atoms with E-state index < -0.39 is 0 Å². The quantitative estimate of drug-likeness (QED) is 0.714. The van der Waals surface area contributed by atoms with Gasteiger partial charge < -0.3 is 5.32 Å². The molecule has 126 valence electrons. The molecule has 0 aliphatic rings. The van der Waals surface area contributed by atoms with Crippen molar-refractivity contribution in [3.63, 3.8) is 0 Å². The second-order valence-corrected chi connectivity index (χ2v) is 6.42. The fourth-order valence-electron chi connectivity index (χ4n) is 3.13. The Labute approximate surface area is 148 Å². The topological polar surface area (TPSA) is 42.0 Å². The number of aromatic nitrogens is 1. The molecule has 0 fully saturated rings. The van der Waals surface area contributed by atoms with E-state index in [-0.39, 0.29) is 5.91 Å². The van der Waals surface area contributed by atoms with Crippen molar-refractivity contribution in [2.75, 3.05) is 5.32 Å². The highest BCUT2D eigenvalue weighted by Gasteiger charge is 2.14. The van der Waals surface area contributed by atoms with Gasteiger partial charge in [-0.3, -0.25) is 9.78 Å². The molecular formula is C22H22N2O. The van der Waals surface area contributed by atoms with Crippen molar-refractivity contribution in [2.24, 2.45) is 0 Å².